The van der Waals surface area contributed by atoms with E-state index < -0.39 is 10.8 Å². The quantitative estimate of drug-likeness (QED) is 0.464. The van der Waals surface area contributed by atoms with Crippen molar-refractivity contribution >= 4 is 28.9 Å². The number of nitro groups is 1. The van der Waals surface area contributed by atoms with Crippen molar-refractivity contribution in [3.8, 4) is 0 Å². The van der Waals surface area contributed by atoms with Crippen LogP contribution < -0.4 is 10.7 Å². The van der Waals surface area contributed by atoms with E-state index in [4.69, 9.17) is 0 Å². The number of anilines is 1. The number of carbonyl (C=O) groups is 2. The summed E-state index contributed by atoms with van der Waals surface area (Å²) in [6.45, 7) is 1.72. The van der Waals surface area contributed by atoms with Gasteiger partial charge in [0.1, 0.15) is 0 Å². The van der Waals surface area contributed by atoms with Crippen molar-refractivity contribution in [1.82, 2.24) is 5.43 Å². The molecule has 0 bridgehead atoms. The highest BCUT2D eigenvalue weighted by Gasteiger charge is 2.29. The van der Waals surface area contributed by atoms with Crippen LogP contribution in [0.25, 0.3) is 0 Å². The van der Waals surface area contributed by atoms with Crippen LogP contribution in [0.2, 0.25) is 0 Å². The predicted molar refractivity (Wildman–Crippen MR) is 101 cm³/mol. The third-order valence-corrected chi connectivity index (χ3v) is 4.14. The minimum absolute atomic E-state index is 0.0146. The van der Waals surface area contributed by atoms with Crippen molar-refractivity contribution < 1.29 is 14.5 Å². The van der Waals surface area contributed by atoms with E-state index in [1.54, 1.807) is 25.1 Å². The molecule has 0 heterocycles. The van der Waals surface area contributed by atoms with Crippen LogP contribution >= 0.6 is 0 Å². The van der Waals surface area contributed by atoms with Crippen molar-refractivity contribution in [2.24, 2.45) is 11.0 Å². The third-order valence-electron chi connectivity index (χ3n) is 4.14. The molecule has 8 heteroatoms. The van der Waals surface area contributed by atoms with Gasteiger partial charge in [0, 0.05) is 29.3 Å². The Bertz CT molecular complexity index is 935. The molecular formula is C19H18N4O4. The normalized spacial score (nSPS) is 13.7. The number of non-ortho nitro benzene ring substituents is 1. The SMILES string of the molecule is C/C(=N\NC(=O)c1cccc([N+](=O)[O-])c1)c1cccc(NC(=O)C2CC2)c1. The van der Waals surface area contributed by atoms with Gasteiger partial charge in [-0.05, 0) is 43.5 Å². The molecule has 3 rings (SSSR count). The number of hydrogen-bond donors (Lipinski definition) is 2. The van der Waals surface area contributed by atoms with Gasteiger partial charge in [-0.2, -0.15) is 5.10 Å². The van der Waals surface area contributed by atoms with Gasteiger partial charge in [0.2, 0.25) is 5.91 Å². The number of nitrogens with zero attached hydrogens (tertiary/aromatic N) is 2. The Balaban J connectivity index is 1.68. The van der Waals surface area contributed by atoms with Crippen molar-refractivity contribution in [1.29, 1.82) is 0 Å². The molecule has 0 aliphatic heterocycles. The molecule has 0 aromatic heterocycles. The van der Waals surface area contributed by atoms with Gasteiger partial charge in [0.05, 0.1) is 10.6 Å². The molecule has 8 nitrogen and oxygen atoms in total. The lowest BCUT2D eigenvalue weighted by Crippen LogP contribution is -2.19. The van der Waals surface area contributed by atoms with E-state index in [-0.39, 0.29) is 23.1 Å². The Labute approximate surface area is 155 Å². The van der Waals surface area contributed by atoms with Crippen molar-refractivity contribution in [3.05, 3.63) is 69.8 Å². The Kier molecular flexibility index (Phi) is 5.25. The smallest absolute Gasteiger partial charge is 0.271 e. The Hall–Kier alpha value is -3.55. The number of amides is 2. The average Bonchev–Trinajstić information content (AvgIpc) is 3.51. The first-order valence-electron chi connectivity index (χ1n) is 8.44. The average molecular weight is 366 g/mol. The Morgan fingerprint density at radius 3 is 2.52 bits per heavy atom. The molecule has 0 saturated heterocycles. The standard InChI is InChI=1S/C19H18N4O4/c1-12(14-4-2-6-16(10-14)20-18(24)13-8-9-13)21-22-19(25)15-5-3-7-17(11-15)23(26)27/h2-7,10-11,13H,8-9H2,1H3,(H,20,24)(H,22,25)/b21-12+. The second kappa shape index (κ2) is 7.77. The summed E-state index contributed by atoms with van der Waals surface area (Å²) in [6, 6.07) is 12.6. The molecule has 0 radical (unpaired) electrons. The van der Waals surface area contributed by atoms with E-state index in [9.17, 15) is 19.7 Å². The van der Waals surface area contributed by atoms with E-state index in [1.165, 1.54) is 24.3 Å². The van der Waals surface area contributed by atoms with Gasteiger partial charge in [-0.3, -0.25) is 19.7 Å². The Morgan fingerprint density at radius 2 is 1.81 bits per heavy atom. The van der Waals surface area contributed by atoms with Gasteiger partial charge in [0.15, 0.2) is 0 Å². The number of hydrazone groups is 1. The zero-order valence-electron chi connectivity index (χ0n) is 14.6. The first kappa shape index (κ1) is 18.2. The summed E-state index contributed by atoms with van der Waals surface area (Å²) < 4.78 is 0. The molecule has 1 saturated carbocycles. The summed E-state index contributed by atoms with van der Waals surface area (Å²) in [5.41, 5.74) is 4.32. The lowest BCUT2D eigenvalue weighted by Gasteiger charge is -2.07. The molecule has 2 N–H and O–H groups in total. The molecule has 2 aromatic rings. The fourth-order valence-corrected chi connectivity index (χ4v) is 2.44. The Morgan fingerprint density at radius 1 is 1.11 bits per heavy atom. The van der Waals surface area contributed by atoms with Crippen molar-refractivity contribution in [2.45, 2.75) is 19.8 Å². The predicted octanol–water partition coefficient (Wildman–Crippen LogP) is 3.10. The van der Waals surface area contributed by atoms with Crippen LogP contribution in [-0.4, -0.2) is 22.4 Å². The molecule has 0 atom stereocenters. The molecule has 138 valence electrons. The first-order valence-corrected chi connectivity index (χ1v) is 8.44. The van der Waals surface area contributed by atoms with E-state index in [1.807, 2.05) is 6.07 Å². The highest BCUT2D eigenvalue weighted by Crippen LogP contribution is 2.30. The van der Waals surface area contributed by atoms with Gasteiger partial charge in [0.25, 0.3) is 11.6 Å². The molecule has 27 heavy (non-hydrogen) atoms. The van der Waals surface area contributed by atoms with Crippen LogP contribution in [0, 0.1) is 16.0 Å². The van der Waals surface area contributed by atoms with Crippen LogP contribution in [0.4, 0.5) is 11.4 Å². The maximum atomic E-state index is 12.2. The maximum absolute atomic E-state index is 12.2. The van der Waals surface area contributed by atoms with Crippen molar-refractivity contribution in [3.63, 3.8) is 0 Å². The van der Waals surface area contributed by atoms with E-state index in [2.05, 4.69) is 15.8 Å². The molecule has 1 fully saturated rings. The summed E-state index contributed by atoms with van der Waals surface area (Å²) >= 11 is 0. The molecule has 0 spiro atoms. The molecular weight excluding hydrogens is 348 g/mol. The number of rotatable bonds is 6. The van der Waals surface area contributed by atoms with Crippen LogP contribution in [0.1, 0.15) is 35.7 Å². The number of nitrogens with one attached hydrogen (secondary N) is 2. The molecule has 2 amide bonds. The minimum Gasteiger partial charge on any atom is -0.326 e. The maximum Gasteiger partial charge on any atom is 0.271 e. The molecule has 2 aromatic carbocycles. The molecule has 0 unspecified atom stereocenters. The summed E-state index contributed by atoms with van der Waals surface area (Å²) in [6.07, 6.45) is 1.85. The number of benzene rings is 2. The summed E-state index contributed by atoms with van der Waals surface area (Å²) in [5.74, 6) is -0.422. The monoisotopic (exact) mass is 366 g/mol. The first-order chi connectivity index (χ1) is 12.9. The zero-order chi connectivity index (χ0) is 19.4. The van der Waals surface area contributed by atoms with Gasteiger partial charge < -0.3 is 5.32 Å². The fourth-order valence-electron chi connectivity index (χ4n) is 2.44. The van der Waals surface area contributed by atoms with Crippen LogP contribution in [0.5, 0.6) is 0 Å². The topological polar surface area (TPSA) is 114 Å². The van der Waals surface area contributed by atoms with Crippen molar-refractivity contribution in [2.75, 3.05) is 5.32 Å². The van der Waals surface area contributed by atoms with Crippen LogP contribution in [-0.2, 0) is 4.79 Å². The van der Waals surface area contributed by atoms with E-state index >= 15 is 0 Å². The lowest BCUT2D eigenvalue weighted by atomic mass is 10.1. The molecule has 1 aliphatic rings. The number of hydrogen-bond acceptors (Lipinski definition) is 5. The second-order valence-corrected chi connectivity index (χ2v) is 6.29. The summed E-state index contributed by atoms with van der Waals surface area (Å²) in [7, 11) is 0. The third kappa shape index (κ3) is 4.75. The van der Waals surface area contributed by atoms with E-state index in [0.717, 1.165) is 18.4 Å². The number of nitro benzene ring substituents is 1. The highest BCUT2D eigenvalue weighted by atomic mass is 16.6. The number of carbonyl (C=O) groups excluding carboxylic acids is 2. The minimum atomic E-state index is -0.563. The van der Waals surface area contributed by atoms with E-state index in [0.29, 0.717) is 11.4 Å². The van der Waals surface area contributed by atoms with Gasteiger partial charge in [-0.15, -0.1) is 0 Å². The largest absolute Gasteiger partial charge is 0.326 e. The summed E-state index contributed by atoms with van der Waals surface area (Å²) in [5, 5.41) is 17.7. The zero-order valence-corrected chi connectivity index (χ0v) is 14.6. The second-order valence-electron chi connectivity index (χ2n) is 6.29. The fraction of sp³-hybridized carbons (Fsp3) is 0.211. The van der Waals surface area contributed by atoms with Gasteiger partial charge in [-0.25, -0.2) is 5.43 Å². The van der Waals surface area contributed by atoms with Gasteiger partial charge >= 0.3 is 0 Å². The van der Waals surface area contributed by atoms with Gasteiger partial charge in [-0.1, -0.05) is 18.2 Å². The molecule has 1 aliphatic carbocycles. The lowest BCUT2D eigenvalue weighted by molar-refractivity contribution is -0.384. The van der Waals surface area contributed by atoms with Crippen LogP contribution in [0.15, 0.2) is 53.6 Å². The summed E-state index contributed by atoms with van der Waals surface area (Å²) in [4.78, 5) is 34.2. The highest BCUT2D eigenvalue weighted by molar-refractivity contribution is 6.02. The van der Waals surface area contributed by atoms with Crippen LogP contribution in [0.3, 0.4) is 0 Å².